The average molecular weight is 409 g/mol. The van der Waals surface area contributed by atoms with Crippen LogP contribution in [-0.4, -0.2) is 60.4 Å². The number of aliphatic hydroxyl groups is 2. The summed E-state index contributed by atoms with van der Waals surface area (Å²) in [7, 11) is 0. The summed E-state index contributed by atoms with van der Waals surface area (Å²) in [6, 6.07) is 8.04. The van der Waals surface area contributed by atoms with Crippen LogP contribution >= 0.6 is 0 Å². The van der Waals surface area contributed by atoms with Gasteiger partial charge >= 0.3 is 5.97 Å². The lowest BCUT2D eigenvalue weighted by Gasteiger charge is -2.23. The molecule has 154 valence electrons. The molecule has 4 rings (SSSR count). The van der Waals surface area contributed by atoms with Gasteiger partial charge in [-0.3, -0.25) is 9.59 Å². The first-order chi connectivity index (χ1) is 14.5. The fourth-order valence-electron chi connectivity index (χ4n) is 3.45. The van der Waals surface area contributed by atoms with Crippen molar-refractivity contribution in [2.75, 3.05) is 11.9 Å². The van der Waals surface area contributed by atoms with E-state index in [0.29, 0.717) is 22.3 Å². The number of imidazole rings is 1. The smallest absolute Gasteiger partial charge is 0.303 e. The summed E-state index contributed by atoms with van der Waals surface area (Å²) in [5.41, 5.74) is 1.51. The second kappa shape index (κ2) is 8.01. The Morgan fingerprint density at radius 3 is 2.67 bits per heavy atom. The highest BCUT2D eigenvalue weighted by atomic mass is 16.6. The van der Waals surface area contributed by atoms with Crippen LogP contribution in [0, 0.1) is 0 Å². The van der Waals surface area contributed by atoms with Crippen LogP contribution in [0.5, 0.6) is 0 Å². The monoisotopic (exact) mass is 409 g/mol. The first kappa shape index (κ1) is 19.7. The Morgan fingerprint density at radius 1 is 1.20 bits per heavy atom. The minimum Gasteiger partial charge on any atom is -0.457 e. The van der Waals surface area contributed by atoms with Gasteiger partial charge in [0.1, 0.15) is 12.4 Å². The van der Waals surface area contributed by atoms with E-state index >= 15 is 0 Å². The summed E-state index contributed by atoms with van der Waals surface area (Å²) >= 11 is 0. The second-order valence-electron chi connectivity index (χ2n) is 6.78. The molecule has 1 amide bonds. The zero-order chi connectivity index (χ0) is 21.3. The molecule has 3 unspecified atom stereocenters. The number of carbonyl (C=O) groups is 2. The summed E-state index contributed by atoms with van der Waals surface area (Å²) in [6.07, 6.45) is 2.26. The van der Waals surface area contributed by atoms with E-state index in [2.05, 4.69) is 20.3 Å². The molecule has 10 nitrogen and oxygen atoms in total. The van der Waals surface area contributed by atoms with Gasteiger partial charge in [-0.25, -0.2) is 15.0 Å². The number of hydrogen-bond acceptors (Lipinski definition) is 8. The van der Waals surface area contributed by atoms with Crippen molar-refractivity contribution >= 4 is 28.9 Å². The zero-order valence-corrected chi connectivity index (χ0v) is 16.0. The third kappa shape index (κ3) is 3.53. The predicted molar refractivity (Wildman–Crippen MR) is 105 cm³/mol. The van der Waals surface area contributed by atoms with E-state index in [4.69, 9.17) is 4.74 Å². The van der Waals surface area contributed by atoms with Gasteiger partial charge in [0.2, 0.25) is 0 Å². The van der Waals surface area contributed by atoms with Crippen molar-refractivity contribution < 1.29 is 24.5 Å². The highest BCUT2D eigenvalue weighted by molar-refractivity contribution is 6.06. The molecule has 3 N–H and O–H groups in total. The second-order valence-corrected chi connectivity index (χ2v) is 6.78. The standard InChI is InChI=1S/C20H19N5O5/c1-11(27)30-17-14(7-13(8-26)16(17)28)25-10-23-15-18(21-9-22-19(15)25)24-20(29)12-5-3-2-4-6-12/h2-7,9-10,14,16-17,26,28H,8H2,1H3,(H,21,22,24,29). The zero-order valence-electron chi connectivity index (χ0n) is 16.0. The van der Waals surface area contributed by atoms with E-state index in [9.17, 15) is 19.8 Å². The van der Waals surface area contributed by atoms with Crippen LogP contribution in [0.4, 0.5) is 5.82 Å². The van der Waals surface area contributed by atoms with Gasteiger partial charge in [0.25, 0.3) is 5.91 Å². The van der Waals surface area contributed by atoms with Crippen LogP contribution in [0.25, 0.3) is 11.2 Å². The Balaban J connectivity index is 1.70. The lowest BCUT2D eigenvalue weighted by atomic mass is 10.1. The largest absolute Gasteiger partial charge is 0.457 e. The first-order valence-electron chi connectivity index (χ1n) is 9.20. The number of nitrogens with zero attached hydrogens (tertiary/aromatic N) is 4. The minimum absolute atomic E-state index is 0.224. The molecule has 1 aromatic carbocycles. The molecule has 0 saturated heterocycles. The van der Waals surface area contributed by atoms with Crippen molar-refractivity contribution in [2.24, 2.45) is 0 Å². The van der Waals surface area contributed by atoms with E-state index in [1.165, 1.54) is 19.6 Å². The van der Waals surface area contributed by atoms with Crippen molar-refractivity contribution in [2.45, 2.75) is 25.2 Å². The van der Waals surface area contributed by atoms with Crippen molar-refractivity contribution in [3.8, 4) is 0 Å². The SMILES string of the molecule is CC(=O)OC1C(O)C(CO)=CC1n1cnc2c(NC(=O)c3ccccc3)ncnc21. The topological polar surface area (TPSA) is 139 Å². The van der Waals surface area contributed by atoms with Crippen LogP contribution in [0.2, 0.25) is 0 Å². The van der Waals surface area contributed by atoms with E-state index in [1.54, 1.807) is 34.9 Å². The van der Waals surface area contributed by atoms with Crippen molar-refractivity contribution in [1.29, 1.82) is 0 Å². The molecule has 1 aliphatic carbocycles. The van der Waals surface area contributed by atoms with Gasteiger partial charge in [-0.2, -0.15) is 0 Å². The number of aromatic nitrogens is 4. The Bertz CT molecular complexity index is 1130. The number of esters is 1. The maximum absolute atomic E-state index is 12.5. The number of anilines is 1. The third-order valence-corrected chi connectivity index (χ3v) is 4.85. The molecule has 0 radical (unpaired) electrons. The molecule has 30 heavy (non-hydrogen) atoms. The van der Waals surface area contributed by atoms with Crippen molar-refractivity contribution in [1.82, 2.24) is 19.5 Å². The molecule has 0 bridgehead atoms. The quantitative estimate of drug-likeness (QED) is 0.416. The Morgan fingerprint density at radius 2 is 1.97 bits per heavy atom. The first-order valence-corrected chi connectivity index (χ1v) is 9.20. The Labute approximate surface area is 170 Å². The summed E-state index contributed by atoms with van der Waals surface area (Å²) < 4.78 is 6.89. The number of ether oxygens (including phenoxy) is 1. The number of aliphatic hydroxyl groups excluding tert-OH is 2. The summed E-state index contributed by atoms with van der Waals surface area (Å²) in [6.45, 7) is 0.863. The summed E-state index contributed by atoms with van der Waals surface area (Å²) in [5, 5.41) is 22.6. The minimum atomic E-state index is -1.15. The number of rotatable bonds is 5. The van der Waals surface area contributed by atoms with Gasteiger partial charge in [-0.1, -0.05) is 24.3 Å². The molecule has 1 aliphatic rings. The van der Waals surface area contributed by atoms with Crippen LogP contribution in [0.15, 0.2) is 54.6 Å². The number of benzene rings is 1. The van der Waals surface area contributed by atoms with E-state index in [-0.39, 0.29) is 18.3 Å². The molecule has 2 aromatic heterocycles. The van der Waals surface area contributed by atoms with E-state index in [0.717, 1.165) is 0 Å². The van der Waals surface area contributed by atoms with Crippen molar-refractivity contribution in [3.05, 3.63) is 60.2 Å². The lowest BCUT2D eigenvalue weighted by molar-refractivity contribution is -0.152. The Kier molecular flexibility index (Phi) is 5.25. The van der Waals surface area contributed by atoms with Gasteiger partial charge < -0.3 is 24.8 Å². The molecule has 3 atom stereocenters. The molecule has 0 spiro atoms. The molecule has 0 aliphatic heterocycles. The molecular formula is C20H19N5O5. The fourth-order valence-corrected chi connectivity index (χ4v) is 3.45. The van der Waals surface area contributed by atoms with E-state index in [1.807, 2.05) is 6.07 Å². The summed E-state index contributed by atoms with van der Waals surface area (Å²) in [5.74, 6) is -0.685. The molecule has 0 fully saturated rings. The molecule has 3 aromatic rings. The number of nitrogens with one attached hydrogen (secondary N) is 1. The number of amides is 1. The van der Waals surface area contributed by atoms with Gasteiger partial charge in [0.15, 0.2) is 23.1 Å². The normalized spacial score (nSPS) is 20.8. The molecule has 10 heteroatoms. The molecule has 2 heterocycles. The third-order valence-electron chi connectivity index (χ3n) is 4.85. The van der Waals surface area contributed by atoms with Gasteiger partial charge in [-0.15, -0.1) is 0 Å². The highest BCUT2D eigenvalue weighted by Gasteiger charge is 2.40. The number of fused-ring (bicyclic) bond motifs is 1. The van der Waals surface area contributed by atoms with Gasteiger partial charge in [-0.05, 0) is 17.7 Å². The average Bonchev–Trinajstić information content (AvgIpc) is 3.30. The van der Waals surface area contributed by atoms with Crippen LogP contribution < -0.4 is 5.32 Å². The maximum atomic E-state index is 12.5. The molecule has 0 saturated carbocycles. The van der Waals surface area contributed by atoms with Crippen molar-refractivity contribution in [3.63, 3.8) is 0 Å². The van der Waals surface area contributed by atoms with E-state index < -0.39 is 24.2 Å². The summed E-state index contributed by atoms with van der Waals surface area (Å²) in [4.78, 5) is 36.7. The van der Waals surface area contributed by atoms with Crippen LogP contribution in [0.1, 0.15) is 23.3 Å². The highest BCUT2D eigenvalue weighted by Crippen LogP contribution is 2.34. The van der Waals surface area contributed by atoms with Crippen LogP contribution in [0.3, 0.4) is 0 Å². The van der Waals surface area contributed by atoms with Gasteiger partial charge in [0.05, 0.1) is 19.0 Å². The van der Waals surface area contributed by atoms with Gasteiger partial charge in [0, 0.05) is 12.5 Å². The number of carbonyl (C=O) groups excluding carboxylic acids is 2. The fraction of sp³-hybridized carbons (Fsp3) is 0.250. The lowest BCUT2D eigenvalue weighted by Crippen LogP contribution is -2.34. The number of hydrogen-bond donors (Lipinski definition) is 3. The maximum Gasteiger partial charge on any atom is 0.303 e. The van der Waals surface area contributed by atoms with Crippen LogP contribution in [-0.2, 0) is 9.53 Å². The Hall–Kier alpha value is -3.63. The molecular weight excluding hydrogens is 390 g/mol. The predicted octanol–water partition coefficient (Wildman–Crippen LogP) is 0.845.